The molecule has 8 aromatic rings. The van der Waals surface area contributed by atoms with E-state index in [0.29, 0.717) is 0 Å². The van der Waals surface area contributed by atoms with Crippen LogP contribution in [-0.2, 0) is 37.9 Å². The number of rotatable bonds is 5. The topological polar surface area (TPSA) is 22.9 Å². The van der Waals surface area contributed by atoms with Gasteiger partial charge in [0, 0.05) is 45.2 Å². The van der Waals surface area contributed by atoms with Crippen molar-refractivity contribution in [2.75, 3.05) is 14.7 Å². The van der Waals surface area contributed by atoms with Crippen molar-refractivity contribution < 1.29 is 4.42 Å². The normalized spacial score (nSPS) is 19.5. The molecular weight excluding hydrogens is 946 g/mol. The molecule has 0 amide bonds. The summed E-state index contributed by atoms with van der Waals surface area (Å²) in [4.78, 5) is 7.90. The predicted molar refractivity (Wildman–Crippen MR) is 334 cm³/mol. The third kappa shape index (κ3) is 7.59. The van der Waals surface area contributed by atoms with E-state index in [1.165, 1.54) is 101 Å². The number of anilines is 9. The van der Waals surface area contributed by atoms with Crippen LogP contribution in [0.5, 0.6) is 0 Å². The predicted octanol–water partition coefficient (Wildman–Crippen LogP) is 18.6. The second-order valence-corrected chi connectivity index (χ2v) is 29.4. The van der Waals surface area contributed by atoms with E-state index in [0.717, 1.165) is 60.4 Å². The van der Waals surface area contributed by atoms with Gasteiger partial charge in [-0.3, -0.25) is 0 Å². The minimum Gasteiger partial charge on any atom is -0.468 e. The molecule has 0 saturated carbocycles. The fraction of sp³-hybridized carbons (Fsp3) is 0.397. The van der Waals surface area contributed by atoms with Crippen LogP contribution in [-0.4, -0.2) is 6.71 Å². The zero-order valence-electron chi connectivity index (χ0n) is 49.8. The Morgan fingerprint density at radius 1 is 0.462 bits per heavy atom. The Balaban J connectivity index is 1.23. The van der Waals surface area contributed by atoms with Crippen LogP contribution in [0.25, 0.3) is 11.0 Å². The van der Waals surface area contributed by atoms with Gasteiger partial charge in [0.2, 0.25) is 0 Å². The Kier molecular flexibility index (Phi) is 11.0. The summed E-state index contributed by atoms with van der Waals surface area (Å²) in [6, 6.07) is 52.1. The molecule has 4 nitrogen and oxygen atoms in total. The van der Waals surface area contributed by atoms with Gasteiger partial charge in [-0.25, -0.2) is 0 Å². The van der Waals surface area contributed by atoms with E-state index in [9.17, 15) is 0 Å². The molecule has 1 aromatic heterocycles. The number of aryl methyl sites for hydroxylation is 1. The van der Waals surface area contributed by atoms with Gasteiger partial charge in [-0.1, -0.05) is 171 Å². The van der Waals surface area contributed by atoms with Crippen LogP contribution >= 0.6 is 0 Å². The van der Waals surface area contributed by atoms with Crippen LogP contribution in [0.4, 0.5) is 51.2 Å². The lowest BCUT2D eigenvalue weighted by Crippen LogP contribution is -2.61. The summed E-state index contributed by atoms with van der Waals surface area (Å²) in [5, 5.41) is 1.19. The molecule has 13 rings (SSSR count). The number of nitrogens with zero attached hydrogens (tertiary/aromatic N) is 3. The molecule has 0 atom stereocenters. The smallest absolute Gasteiger partial charge is 0.297 e. The maximum Gasteiger partial charge on any atom is 0.297 e. The first-order valence-corrected chi connectivity index (χ1v) is 29.4. The highest BCUT2D eigenvalue weighted by atomic mass is 16.3. The van der Waals surface area contributed by atoms with Crippen LogP contribution in [0.15, 0.2) is 138 Å². The summed E-state index contributed by atoms with van der Waals surface area (Å²) in [5.41, 5.74) is 26.6. The zero-order chi connectivity index (χ0) is 55.0. The molecular formula is C73H82BN3O. The molecule has 0 N–H and O–H groups in total. The van der Waals surface area contributed by atoms with Crippen molar-refractivity contribution in [2.24, 2.45) is 0 Å². The molecule has 3 aliphatic carbocycles. The second-order valence-electron chi connectivity index (χ2n) is 29.4. The Hall–Kier alpha value is -6.46. The van der Waals surface area contributed by atoms with Crippen molar-refractivity contribution >= 4 is 85.5 Å². The van der Waals surface area contributed by atoms with Crippen LogP contribution in [0, 0.1) is 6.92 Å². The van der Waals surface area contributed by atoms with Gasteiger partial charge in [-0.2, -0.15) is 0 Å². The quantitative estimate of drug-likeness (QED) is 0.160. The van der Waals surface area contributed by atoms with Crippen molar-refractivity contribution in [2.45, 2.75) is 187 Å². The van der Waals surface area contributed by atoms with Crippen molar-refractivity contribution in [1.82, 2.24) is 0 Å². The summed E-state index contributed by atoms with van der Waals surface area (Å²) in [6.45, 7) is 38.8. The molecule has 0 saturated heterocycles. The SMILES string of the molecule is Cc1cc(C(C)(C)C)ccc1N1c2cc(N(c3ccccc3)c3ccccc3)cc3c2B(c2ccc4c(c2N3c2ccc3c(c2)C(C)(C)CCC3(C)C)C(C)(C)CCC4(C)C)c2oc3cc4c(cc3c21)C(C)(C)CCC4(C)C. The lowest BCUT2D eigenvalue weighted by atomic mass is 9.35. The molecule has 3 heterocycles. The number of benzene rings is 7. The lowest BCUT2D eigenvalue weighted by molar-refractivity contribution is 0.331. The van der Waals surface area contributed by atoms with Crippen molar-refractivity contribution in [3.63, 3.8) is 0 Å². The van der Waals surface area contributed by atoms with Crippen LogP contribution in [0.1, 0.15) is 187 Å². The average molecular weight is 1030 g/mol. The summed E-state index contributed by atoms with van der Waals surface area (Å²) in [5.74, 6) is 0. The monoisotopic (exact) mass is 1030 g/mol. The molecule has 2 aliphatic heterocycles. The highest BCUT2D eigenvalue weighted by molar-refractivity contribution is 7.00. The summed E-state index contributed by atoms with van der Waals surface area (Å²) in [7, 11) is 0. The largest absolute Gasteiger partial charge is 0.468 e. The molecule has 0 spiro atoms. The van der Waals surface area contributed by atoms with Crippen LogP contribution in [0.3, 0.4) is 0 Å². The number of fused-ring (bicyclic) bond motifs is 10. The third-order valence-electron chi connectivity index (χ3n) is 20.2. The number of hydrogen-bond acceptors (Lipinski definition) is 4. The first kappa shape index (κ1) is 51.0. The van der Waals surface area contributed by atoms with E-state index < -0.39 is 0 Å². The summed E-state index contributed by atoms with van der Waals surface area (Å²) in [6.07, 6.45) is 6.84. The third-order valence-corrected chi connectivity index (χ3v) is 20.2. The standard InChI is InChI=1S/C73H82BN3O/c1-45-39-46(67(2,3)4)27-32-58(45)77-60-42-50(75(47-23-19-17-20-24-47)48-25-21-18-22-26-48)41-59-63(60)74(66-64(77)51-43-55-56(44-61(51)78-66)72(13,14)36-35-71(55,11)12)57-31-30-53-62(73(15,16)38-37-69(53,7)8)65(57)76(59)49-28-29-52-54(40-49)70(9,10)34-33-68(52,5)6/h17-32,39-44H,33-38H2,1-16H3. The van der Waals surface area contributed by atoms with Gasteiger partial charge in [-0.15, -0.1) is 0 Å². The van der Waals surface area contributed by atoms with E-state index >= 15 is 0 Å². The summed E-state index contributed by atoms with van der Waals surface area (Å²) >= 11 is 0. The van der Waals surface area contributed by atoms with Gasteiger partial charge in [0.1, 0.15) is 5.58 Å². The van der Waals surface area contributed by atoms with E-state index in [2.05, 4.69) is 259 Å². The highest BCUT2D eigenvalue weighted by Gasteiger charge is 2.52. The van der Waals surface area contributed by atoms with Crippen molar-refractivity contribution in [1.29, 1.82) is 0 Å². The first-order chi connectivity index (χ1) is 36.7. The van der Waals surface area contributed by atoms with E-state index in [1.54, 1.807) is 0 Å². The molecule has 0 unspecified atom stereocenters. The van der Waals surface area contributed by atoms with Crippen LogP contribution in [0.2, 0.25) is 0 Å². The van der Waals surface area contributed by atoms with Crippen LogP contribution < -0.4 is 31.3 Å². The molecule has 0 fully saturated rings. The summed E-state index contributed by atoms with van der Waals surface area (Å²) < 4.78 is 7.84. The Morgan fingerprint density at radius 2 is 0.974 bits per heavy atom. The van der Waals surface area contributed by atoms with Gasteiger partial charge in [0.25, 0.3) is 6.71 Å². The molecule has 7 aromatic carbocycles. The minimum atomic E-state index is -0.192. The van der Waals surface area contributed by atoms with E-state index in [-0.39, 0.29) is 44.6 Å². The number of hydrogen-bond donors (Lipinski definition) is 0. The molecule has 0 bridgehead atoms. The van der Waals surface area contributed by atoms with Gasteiger partial charge in [-0.05, 0) is 206 Å². The number of furan rings is 1. The highest BCUT2D eigenvalue weighted by Crippen LogP contribution is 2.58. The fourth-order valence-electron chi connectivity index (χ4n) is 15.1. The van der Waals surface area contributed by atoms with Gasteiger partial charge in [0.15, 0.2) is 0 Å². The molecule has 78 heavy (non-hydrogen) atoms. The number of para-hydroxylation sites is 2. The first-order valence-electron chi connectivity index (χ1n) is 29.4. The second kappa shape index (κ2) is 16.8. The van der Waals surface area contributed by atoms with E-state index in [1.807, 2.05) is 0 Å². The van der Waals surface area contributed by atoms with Crippen molar-refractivity contribution in [3.05, 3.63) is 178 Å². The molecule has 0 radical (unpaired) electrons. The maximum absolute atomic E-state index is 7.84. The Bertz CT molecular complexity index is 3730. The van der Waals surface area contributed by atoms with E-state index in [4.69, 9.17) is 4.42 Å². The average Bonchev–Trinajstić information content (AvgIpc) is 2.35. The molecule has 5 aliphatic rings. The Labute approximate surface area is 467 Å². The van der Waals surface area contributed by atoms with Gasteiger partial charge < -0.3 is 19.1 Å². The Morgan fingerprint density at radius 3 is 1.55 bits per heavy atom. The van der Waals surface area contributed by atoms with Gasteiger partial charge >= 0.3 is 0 Å². The maximum atomic E-state index is 7.84. The minimum absolute atomic E-state index is 0.00509. The zero-order valence-corrected chi connectivity index (χ0v) is 49.8. The van der Waals surface area contributed by atoms with Crippen molar-refractivity contribution in [3.8, 4) is 0 Å². The molecule has 5 heteroatoms. The fourth-order valence-corrected chi connectivity index (χ4v) is 15.1. The molecule has 398 valence electrons. The lowest BCUT2D eigenvalue weighted by Gasteiger charge is -2.49. The van der Waals surface area contributed by atoms with Gasteiger partial charge in [0.05, 0.1) is 17.0 Å².